The van der Waals surface area contributed by atoms with Gasteiger partial charge in [0.2, 0.25) is 0 Å². The number of imidazole rings is 2. The molecule has 0 aromatic carbocycles. The van der Waals surface area contributed by atoms with Gasteiger partial charge in [0, 0.05) is 26.0 Å². The van der Waals surface area contributed by atoms with Crippen molar-refractivity contribution in [3.8, 4) is 0 Å². The molecule has 3 aromatic rings. The molecule has 0 saturated carbocycles. The molecule has 0 spiro atoms. The first-order valence-corrected chi connectivity index (χ1v) is 7.81. The number of hydrogen-bond acceptors (Lipinski definition) is 4. The second kappa shape index (κ2) is 6.84. The van der Waals surface area contributed by atoms with Crippen LogP contribution in [0.25, 0.3) is 5.65 Å². The van der Waals surface area contributed by atoms with E-state index in [2.05, 4.69) is 15.3 Å². The van der Waals surface area contributed by atoms with Crippen LogP contribution in [0.15, 0.2) is 30.9 Å². The lowest BCUT2D eigenvalue weighted by molar-refractivity contribution is 0.0943. The normalized spacial score (nSPS) is 11.1. The minimum Gasteiger partial charge on any atom is -0.383 e. The first kappa shape index (κ1) is 16.2. The summed E-state index contributed by atoms with van der Waals surface area (Å²) in [4.78, 5) is 21.2. The Morgan fingerprint density at radius 2 is 2.21 bits per heavy atom. The molecule has 0 atom stereocenters. The molecule has 0 aliphatic heterocycles. The molecule has 126 valence electrons. The average Bonchev–Trinajstić information content (AvgIpc) is 3.13. The number of hydrogen-bond donors (Lipinski definition) is 1. The zero-order chi connectivity index (χ0) is 17.1. The number of carbonyl (C=O) groups excluding carboxylic acids is 1. The Balaban J connectivity index is 1.76. The van der Waals surface area contributed by atoms with Gasteiger partial charge >= 0.3 is 0 Å². The molecule has 3 aromatic heterocycles. The van der Waals surface area contributed by atoms with Crippen molar-refractivity contribution in [2.45, 2.75) is 26.9 Å². The summed E-state index contributed by atoms with van der Waals surface area (Å²) in [5.41, 5.74) is 4.10. The Bertz CT molecular complexity index is 865. The molecule has 0 unspecified atom stereocenters. The van der Waals surface area contributed by atoms with Crippen LogP contribution in [-0.2, 0) is 17.8 Å². The van der Waals surface area contributed by atoms with E-state index in [1.807, 2.05) is 41.1 Å². The Morgan fingerprint density at radius 3 is 3.00 bits per heavy atom. The van der Waals surface area contributed by atoms with Crippen LogP contribution in [0, 0.1) is 13.8 Å². The Kier molecular flexibility index (Phi) is 4.61. The molecule has 1 N–H and O–H groups in total. The van der Waals surface area contributed by atoms with Crippen molar-refractivity contribution in [1.82, 2.24) is 24.3 Å². The van der Waals surface area contributed by atoms with Gasteiger partial charge in [0.15, 0.2) is 0 Å². The number of amides is 1. The number of aromatic nitrogens is 4. The van der Waals surface area contributed by atoms with E-state index < -0.39 is 0 Å². The van der Waals surface area contributed by atoms with Crippen molar-refractivity contribution in [2.24, 2.45) is 0 Å². The molecule has 24 heavy (non-hydrogen) atoms. The van der Waals surface area contributed by atoms with E-state index >= 15 is 0 Å². The van der Waals surface area contributed by atoms with Crippen LogP contribution in [0.3, 0.4) is 0 Å². The van der Waals surface area contributed by atoms with E-state index in [1.54, 1.807) is 19.6 Å². The molecule has 0 fully saturated rings. The standard InChI is InChI=1S/C17H21N5O2/c1-12-4-5-22-15(8-12)20-13(2)16(22)17(23)19-10-14-9-18-11-21(14)6-7-24-3/h4-5,8-9,11H,6-7,10H2,1-3H3,(H,19,23). The number of rotatable bonds is 6. The summed E-state index contributed by atoms with van der Waals surface area (Å²) in [6.45, 7) is 5.56. The maximum Gasteiger partial charge on any atom is 0.270 e. The van der Waals surface area contributed by atoms with Crippen LogP contribution in [0.5, 0.6) is 0 Å². The molecule has 7 heteroatoms. The summed E-state index contributed by atoms with van der Waals surface area (Å²) in [7, 11) is 1.66. The smallest absolute Gasteiger partial charge is 0.270 e. The fourth-order valence-electron chi connectivity index (χ4n) is 2.68. The third-order valence-electron chi connectivity index (χ3n) is 3.94. The van der Waals surface area contributed by atoms with Gasteiger partial charge in [-0.15, -0.1) is 0 Å². The highest BCUT2D eigenvalue weighted by molar-refractivity contribution is 5.94. The largest absolute Gasteiger partial charge is 0.383 e. The monoisotopic (exact) mass is 327 g/mol. The Morgan fingerprint density at radius 1 is 1.38 bits per heavy atom. The summed E-state index contributed by atoms with van der Waals surface area (Å²) in [5.74, 6) is -0.150. The quantitative estimate of drug-likeness (QED) is 0.748. The summed E-state index contributed by atoms with van der Waals surface area (Å²) >= 11 is 0. The number of methoxy groups -OCH3 is 1. The van der Waals surface area contributed by atoms with Crippen LogP contribution in [0.2, 0.25) is 0 Å². The minimum absolute atomic E-state index is 0.150. The third kappa shape index (κ3) is 3.16. The molecular weight excluding hydrogens is 306 g/mol. The summed E-state index contributed by atoms with van der Waals surface area (Å²) in [6, 6.07) is 3.92. The van der Waals surface area contributed by atoms with Gasteiger partial charge in [-0.1, -0.05) is 0 Å². The summed E-state index contributed by atoms with van der Waals surface area (Å²) in [6.07, 6.45) is 5.37. The number of nitrogens with zero attached hydrogens (tertiary/aromatic N) is 4. The van der Waals surface area contributed by atoms with E-state index in [1.165, 1.54) is 0 Å². The van der Waals surface area contributed by atoms with Crippen molar-refractivity contribution in [2.75, 3.05) is 13.7 Å². The number of carbonyl (C=O) groups is 1. The second-order valence-electron chi connectivity index (χ2n) is 5.73. The molecule has 0 aliphatic rings. The Labute approximate surface area is 140 Å². The molecule has 0 aliphatic carbocycles. The van der Waals surface area contributed by atoms with Gasteiger partial charge in [0.25, 0.3) is 5.91 Å². The SMILES string of the molecule is COCCn1cncc1CNC(=O)c1c(C)nc2cc(C)ccn12. The van der Waals surface area contributed by atoms with E-state index in [-0.39, 0.29) is 5.91 Å². The van der Waals surface area contributed by atoms with Gasteiger partial charge in [-0.25, -0.2) is 9.97 Å². The van der Waals surface area contributed by atoms with Gasteiger partial charge in [0.1, 0.15) is 11.3 Å². The van der Waals surface area contributed by atoms with Crippen LogP contribution in [0.4, 0.5) is 0 Å². The minimum atomic E-state index is -0.150. The van der Waals surface area contributed by atoms with Crippen LogP contribution < -0.4 is 5.32 Å². The molecule has 3 heterocycles. The molecular formula is C17H21N5O2. The predicted molar refractivity (Wildman–Crippen MR) is 89.9 cm³/mol. The zero-order valence-electron chi connectivity index (χ0n) is 14.1. The average molecular weight is 327 g/mol. The first-order valence-electron chi connectivity index (χ1n) is 7.81. The molecule has 1 amide bonds. The highest BCUT2D eigenvalue weighted by atomic mass is 16.5. The highest BCUT2D eigenvalue weighted by Crippen LogP contribution is 2.13. The van der Waals surface area contributed by atoms with Crippen LogP contribution >= 0.6 is 0 Å². The van der Waals surface area contributed by atoms with E-state index in [0.29, 0.717) is 31.1 Å². The fourth-order valence-corrected chi connectivity index (χ4v) is 2.68. The number of fused-ring (bicyclic) bond motifs is 1. The van der Waals surface area contributed by atoms with Crippen LogP contribution in [0.1, 0.15) is 27.4 Å². The summed E-state index contributed by atoms with van der Waals surface area (Å²) in [5, 5.41) is 2.95. The molecule has 0 saturated heterocycles. The van der Waals surface area contributed by atoms with E-state index in [0.717, 1.165) is 16.9 Å². The topological polar surface area (TPSA) is 73.4 Å². The number of aryl methyl sites for hydroxylation is 2. The number of ether oxygens (including phenoxy) is 1. The lowest BCUT2D eigenvalue weighted by atomic mass is 10.3. The van der Waals surface area contributed by atoms with E-state index in [4.69, 9.17) is 4.74 Å². The molecule has 0 bridgehead atoms. The maximum absolute atomic E-state index is 12.6. The van der Waals surface area contributed by atoms with E-state index in [9.17, 15) is 4.79 Å². The number of pyridine rings is 1. The van der Waals surface area contributed by atoms with Gasteiger partial charge in [-0.05, 0) is 31.5 Å². The predicted octanol–water partition coefficient (Wildman–Crippen LogP) is 1.72. The van der Waals surface area contributed by atoms with Crippen molar-refractivity contribution in [1.29, 1.82) is 0 Å². The van der Waals surface area contributed by atoms with Gasteiger partial charge in [0.05, 0.1) is 30.9 Å². The zero-order valence-corrected chi connectivity index (χ0v) is 14.1. The van der Waals surface area contributed by atoms with Gasteiger partial charge in [-0.3, -0.25) is 9.20 Å². The van der Waals surface area contributed by atoms with Crippen LogP contribution in [-0.4, -0.2) is 38.6 Å². The van der Waals surface area contributed by atoms with Crippen molar-refractivity contribution in [3.05, 3.63) is 53.5 Å². The van der Waals surface area contributed by atoms with Gasteiger partial charge < -0.3 is 14.6 Å². The van der Waals surface area contributed by atoms with Gasteiger partial charge in [-0.2, -0.15) is 0 Å². The maximum atomic E-state index is 12.6. The lowest BCUT2D eigenvalue weighted by Crippen LogP contribution is -2.26. The molecule has 7 nitrogen and oxygen atoms in total. The van der Waals surface area contributed by atoms with Crippen molar-refractivity contribution < 1.29 is 9.53 Å². The fraction of sp³-hybridized carbons (Fsp3) is 0.353. The molecule has 0 radical (unpaired) electrons. The highest BCUT2D eigenvalue weighted by Gasteiger charge is 2.16. The Hall–Kier alpha value is -2.67. The first-order chi connectivity index (χ1) is 11.6. The van der Waals surface area contributed by atoms with Crippen molar-refractivity contribution in [3.63, 3.8) is 0 Å². The summed E-state index contributed by atoms with van der Waals surface area (Å²) < 4.78 is 8.87. The number of nitrogens with one attached hydrogen (secondary N) is 1. The third-order valence-corrected chi connectivity index (χ3v) is 3.94. The van der Waals surface area contributed by atoms with Crippen molar-refractivity contribution >= 4 is 11.6 Å². The lowest BCUT2D eigenvalue weighted by Gasteiger charge is -2.09. The molecule has 3 rings (SSSR count). The second-order valence-corrected chi connectivity index (χ2v) is 5.73.